The number of rotatable bonds is 8. The zero-order valence-electron chi connectivity index (χ0n) is 16.5. The molecular weight excluding hydrogens is 374 g/mol. The molecule has 1 aliphatic heterocycles. The van der Waals surface area contributed by atoms with Crippen LogP contribution in [0.4, 0.5) is 0 Å². The average Bonchev–Trinajstić information content (AvgIpc) is 3.43. The Hall–Kier alpha value is -2.71. The molecule has 2 amide bonds. The van der Waals surface area contributed by atoms with Crippen molar-refractivity contribution in [3.8, 4) is 11.3 Å². The van der Waals surface area contributed by atoms with Crippen LogP contribution in [0.15, 0.2) is 40.9 Å². The first kappa shape index (κ1) is 21.0. The van der Waals surface area contributed by atoms with Crippen molar-refractivity contribution >= 4 is 11.8 Å². The molecule has 0 bridgehead atoms. The molecule has 0 radical (unpaired) electrons. The Kier molecular flexibility index (Phi) is 7.00. The van der Waals surface area contributed by atoms with Gasteiger partial charge in [-0.3, -0.25) is 14.8 Å². The van der Waals surface area contributed by atoms with Gasteiger partial charge in [-0.05, 0) is 19.3 Å². The predicted molar refractivity (Wildman–Crippen MR) is 105 cm³/mol. The van der Waals surface area contributed by atoms with E-state index in [4.69, 9.17) is 9.62 Å². The van der Waals surface area contributed by atoms with E-state index in [9.17, 15) is 14.7 Å². The van der Waals surface area contributed by atoms with E-state index in [0.717, 1.165) is 18.4 Å². The molecule has 156 valence electrons. The monoisotopic (exact) mass is 401 g/mol. The summed E-state index contributed by atoms with van der Waals surface area (Å²) in [4.78, 5) is 31.0. The minimum absolute atomic E-state index is 0.323. The van der Waals surface area contributed by atoms with Gasteiger partial charge in [0.15, 0.2) is 5.76 Å². The third-order valence-electron chi connectivity index (χ3n) is 5.35. The number of carbonyl (C=O) groups is 2. The number of benzene rings is 1. The van der Waals surface area contributed by atoms with Crippen molar-refractivity contribution < 1.29 is 24.3 Å². The van der Waals surface area contributed by atoms with Crippen molar-refractivity contribution in [2.75, 3.05) is 6.54 Å². The number of unbranched alkanes of at least 4 members (excludes halogenated alkanes) is 1. The minimum atomic E-state index is -1.61. The predicted octanol–water partition coefficient (Wildman–Crippen LogP) is 2.68. The van der Waals surface area contributed by atoms with Crippen molar-refractivity contribution in [1.29, 1.82) is 0 Å². The molecule has 3 N–H and O–H groups in total. The molecule has 3 atom stereocenters. The van der Waals surface area contributed by atoms with Crippen LogP contribution in [0.5, 0.6) is 0 Å². The fourth-order valence-corrected chi connectivity index (χ4v) is 3.77. The summed E-state index contributed by atoms with van der Waals surface area (Å²) in [5, 5.41) is 19.1. The third-order valence-corrected chi connectivity index (χ3v) is 5.35. The highest BCUT2D eigenvalue weighted by Crippen LogP contribution is 2.35. The van der Waals surface area contributed by atoms with Crippen molar-refractivity contribution in [2.24, 2.45) is 5.92 Å². The molecular formula is C21H27N3O5. The standard InChI is InChI=1S/C21H27N3O5/c1-2-3-10-15(18(25)19(26)23-28)21(27)24-12-7-11-16(24)20-22-13-17(29-20)14-8-5-4-6-9-14/h4-6,8-9,13,15-16,18,25,28H,2-3,7,10-12H2,1H3,(H,23,26). The second-order valence-electron chi connectivity index (χ2n) is 7.29. The maximum atomic E-state index is 13.2. The molecule has 3 rings (SSSR count). The first-order valence-corrected chi connectivity index (χ1v) is 10.0. The van der Waals surface area contributed by atoms with Crippen LogP contribution in [0, 0.1) is 5.92 Å². The highest BCUT2D eigenvalue weighted by Gasteiger charge is 2.40. The number of aromatic nitrogens is 1. The summed E-state index contributed by atoms with van der Waals surface area (Å²) in [5.41, 5.74) is 2.34. The number of aliphatic hydroxyl groups is 1. The van der Waals surface area contributed by atoms with Gasteiger partial charge < -0.3 is 14.4 Å². The van der Waals surface area contributed by atoms with E-state index in [1.54, 1.807) is 11.1 Å². The number of likely N-dealkylation sites (tertiary alicyclic amines) is 1. The van der Waals surface area contributed by atoms with Crippen LogP contribution in [0.2, 0.25) is 0 Å². The Balaban J connectivity index is 1.80. The average molecular weight is 401 g/mol. The number of oxazole rings is 1. The van der Waals surface area contributed by atoms with E-state index in [1.165, 1.54) is 5.48 Å². The van der Waals surface area contributed by atoms with E-state index < -0.39 is 17.9 Å². The molecule has 0 spiro atoms. The Labute approximate surface area is 169 Å². The van der Waals surface area contributed by atoms with E-state index in [1.807, 2.05) is 37.3 Å². The van der Waals surface area contributed by atoms with Gasteiger partial charge in [-0.15, -0.1) is 0 Å². The highest BCUT2D eigenvalue weighted by atomic mass is 16.5. The molecule has 2 aromatic rings. The molecule has 3 unspecified atom stereocenters. The number of carbonyl (C=O) groups excluding carboxylic acids is 2. The molecule has 1 aliphatic rings. The lowest BCUT2D eigenvalue weighted by atomic mass is 9.93. The van der Waals surface area contributed by atoms with Gasteiger partial charge in [0.25, 0.3) is 5.91 Å². The van der Waals surface area contributed by atoms with Crippen LogP contribution in [-0.4, -0.2) is 44.7 Å². The largest absolute Gasteiger partial charge is 0.438 e. The summed E-state index contributed by atoms with van der Waals surface area (Å²) in [5.74, 6) is -1.15. The second kappa shape index (κ2) is 9.67. The molecule has 8 nitrogen and oxygen atoms in total. The van der Waals surface area contributed by atoms with Crippen molar-refractivity contribution in [2.45, 2.75) is 51.2 Å². The van der Waals surface area contributed by atoms with Crippen LogP contribution in [0.3, 0.4) is 0 Å². The van der Waals surface area contributed by atoms with Crippen molar-refractivity contribution in [3.63, 3.8) is 0 Å². The number of hydroxylamine groups is 1. The first-order valence-electron chi connectivity index (χ1n) is 10.0. The number of nitrogens with one attached hydrogen (secondary N) is 1. The van der Waals surface area contributed by atoms with Gasteiger partial charge in [0.05, 0.1) is 12.1 Å². The van der Waals surface area contributed by atoms with Crippen molar-refractivity contribution in [1.82, 2.24) is 15.4 Å². The van der Waals surface area contributed by atoms with Gasteiger partial charge in [-0.25, -0.2) is 10.5 Å². The Morgan fingerprint density at radius 2 is 2.10 bits per heavy atom. The van der Waals surface area contributed by atoms with Crippen molar-refractivity contribution in [3.05, 3.63) is 42.4 Å². The summed E-state index contributed by atoms with van der Waals surface area (Å²) in [6, 6.07) is 9.25. The normalized spacial score (nSPS) is 18.4. The van der Waals surface area contributed by atoms with Crippen LogP contribution in [-0.2, 0) is 9.59 Å². The quantitative estimate of drug-likeness (QED) is 0.463. The van der Waals surface area contributed by atoms with E-state index in [2.05, 4.69) is 4.98 Å². The number of hydrogen-bond donors (Lipinski definition) is 3. The van der Waals surface area contributed by atoms with Gasteiger partial charge in [-0.1, -0.05) is 50.1 Å². The zero-order chi connectivity index (χ0) is 20.8. The first-order chi connectivity index (χ1) is 14.1. The Bertz CT molecular complexity index is 823. The lowest BCUT2D eigenvalue weighted by Gasteiger charge is -2.29. The summed E-state index contributed by atoms with van der Waals surface area (Å²) < 4.78 is 5.94. The minimum Gasteiger partial charge on any atom is -0.438 e. The number of amides is 2. The topological polar surface area (TPSA) is 116 Å². The van der Waals surface area contributed by atoms with Gasteiger partial charge in [0, 0.05) is 12.1 Å². The van der Waals surface area contributed by atoms with E-state index in [0.29, 0.717) is 37.5 Å². The molecule has 8 heteroatoms. The maximum absolute atomic E-state index is 13.2. The molecule has 1 fully saturated rings. The van der Waals surface area contributed by atoms with Gasteiger partial charge in [0.1, 0.15) is 12.1 Å². The molecule has 1 saturated heterocycles. The van der Waals surface area contributed by atoms with Gasteiger partial charge in [0.2, 0.25) is 11.8 Å². The Morgan fingerprint density at radius 3 is 2.79 bits per heavy atom. The third kappa shape index (κ3) is 4.65. The molecule has 1 aromatic carbocycles. The van der Waals surface area contributed by atoms with Gasteiger partial charge in [-0.2, -0.15) is 0 Å². The summed E-state index contributed by atoms with van der Waals surface area (Å²) in [7, 11) is 0. The number of aliphatic hydroxyl groups excluding tert-OH is 1. The lowest BCUT2D eigenvalue weighted by molar-refractivity contribution is -0.151. The molecule has 0 saturated carbocycles. The van der Waals surface area contributed by atoms with Crippen LogP contribution in [0.25, 0.3) is 11.3 Å². The van der Waals surface area contributed by atoms with E-state index >= 15 is 0 Å². The van der Waals surface area contributed by atoms with Crippen LogP contribution < -0.4 is 5.48 Å². The summed E-state index contributed by atoms with van der Waals surface area (Å²) in [6.45, 7) is 2.47. The molecule has 2 heterocycles. The smallest absolute Gasteiger partial charge is 0.272 e. The number of hydrogen-bond acceptors (Lipinski definition) is 6. The second-order valence-corrected chi connectivity index (χ2v) is 7.29. The fraction of sp³-hybridized carbons (Fsp3) is 0.476. The van der Waals surface area contributed by atoms with Crippen LogP contribution >= 0.6 is 0 Å². The summed E-state index contributed by atoms with van der Waals surface area (Å²) in [6.07, 6.45) is 3.38. The summed E-state index contributed by atoms with van der Waals surface area (Å²) >= 11 is 0. The van der Waals surface area contributed by atoms with E-state index in [-0.39, 0.29) is 11.9 Å². The highest BCUT2D eigenvalue weighted by molar-refractivity contribution is 5.89. The molecule has 29 heavy (non-hydrogen) atoms. The lowest BCUT2D eigenvalue weighted by Crippen LogP contribution is -2.46. The molecule has 1 aromatic heterocycles. The number of nitrogens with zero attached hydrogens (tertiary/aromatic N) is 2. The fourth-order valence-electron chi connectivity index (χ4n) is 3.77. The maximum Gasteiger partial charge on any atom is 0.272 e. The van der Waals surface area contributed by atoms with Crippen LogP contribution in [0.1, 0.15) is 51.0 Å². The van der Waals surface area contributed by atoms with Gasteiger partial charge >= 0.3 is 0 Å². The zero-order valence-corrected chi connectivity index (χ0v) is 16.5. The SMILES string of the molecule is CCCCC(C(=O)N1CCCC1c1ncc(-c2ccccc2)o1)C(O)C(=O)NO. The Morgan fingerprint density at radius 1 is 1.34 bits per heavy atom. The molecule has 0 aliphatic carbocycles.